The smallest absolute Gasteiger partial charge is 0.0694 e. The molecule has 1 saturated carbocycles. The third kappa shape index (κ3) is 4.08. The van der Waals surface area contributed by atoms with Crippen molar-refractivity contribution in [3.63, 3.8) is 0 Å². The molecule has 0 spiro atoms. The standard InChI is InChI=1S/C15H25NOS/c1-13(2)16-10-9-15(7-4-8-15)17-11-6-14-5-3-12-18-14/h3,5,12-13,16H,4,6-11H2,1-2H3. The molecule has 3 heteroatoms. The summed E-state index contributed by atoms with van der Waals surface area (Å²) in [4.78, 5) is 1.43. The van der Waals surface area contributed by atoms with E-state index < -0.39 is 0 Å². The van der Waals surface area contributed by atoms with E-state index in [1.807, 2.05) is 11.3 Å². The molecule has 1 aliphatic rings. The summed E-state index contributed by atoms with van der Waals surface area (Å²) in [6.07, 6.45) is 6.06. The van der Waals surface area contributed by atoms with Crippen LogP contribution in [0.3, 0.4) is 0 Å². The van der Waals surface area contributed by atoms with Gasteiger partial charge < -0.3 is 10.1 Å². The van der Waals surface area contributed by atoms with E-state index in [1.165, 1.54) is 24.1 Å². The molecule has 0 aromatic carbocycles. The van der Waals surface area contributed by atoms with E-state index in [9.17, 15) is 0 Å². The van der Waals surface area contributed by atoms with Crippen LogP contribution in [0.5, 0.6) is 0 Å². The molecule has 0 bridgehead atoms. The first kappa shape index (κ1) is 14.0. The first-order chi connectivity index (χ1) is 8.70. The van der Waals surface area contributed by atoms with E-state index in [0.717, 1.165) is 26.0 Å². The molecule has 2 rings (SSSR count). The molecular weight excluding hydrogens is 242 g/mol. The highest BCUT2D eigenvalue weighted by Gasteiger charge is 2.37. The van der Waals surface area contributed by atoms with Gasteiger partial charge in [0.2, 0.25) is 0 Å². The molecule has 1 aliphatic carbocycles. The molecule has 0 atom stereocenters. The van der Waals surface area contributed by atoms with Crippen LogP contribution < -0.4 is 5.32 Å². The third-order valence-electron chi connectivity index (χ3n) is 3.73. The normalized spacial score (nSPS) is 17.9. The van der Waals surface area contributed by atoms with Crippen LogP contribution in [0.1, 0.15) is 44.4 Å². The number of hydrogen-bond donors (Lipinski definition) is 1. The fourth-order valence-electron chi connectivity index (χ4n) is 2.45. The Kier molecular flexibility index (Phi) is 5.22. The van der Waals surface area contributed by atoms with Crippen molar-refractivity contribution in [3.05, 3.63) is 22.4 Å². The molecule has 0 amide bonds. The van der Waals surface area contributed by atoms with Crippen molar-refractivity contribution in [2.24, 2.45) is 0 Å². The quantitative estimate of drug-likeness (QED) is 0.777. The van der Waals surface area contributed by atoms with Gasteiger partial charge in [0.25, 0.3) is 0 Å². The Hall–Kier alpha value is -0.380. The molecule has 0 aliphatic heterocycles. The van der Waals surface area contributed by atoms with E-state index in [0.29, 0.717) is 6.04 Å². The maximum absolute atomic E-state index is 6.19. The summed E-state index contributed by atoms with van der Waals surface area (Å²) in [7, 11) is 0. The molecule has 1 heterocycles. The minimum Gasteiger partial charge on any atom is -0.375 e. The number of hydrogen-bond acceptors (Lipinski definition) is 3. The zero-order valence-corrected chi connectivity index (χ0v) is 12.4. The average Bonchev–Trinajstić information content (AvgIpc) is 2.77. The Morgan fingerprint density at radius 1 is 1.44 bits per heavy atom. The minimum absolute atomic E-state index is 0.194. The third-order valence-corrected chi connectivity index (χ3v) is 4.67. The van der Waals surface area contributed by atoms with Gasteiger partial charge in [-0.15, -0.1) is 11.3 Å². The van der Waals surface area contributed by atoms with Crippen molar-refractivity contribution in [1.29, 1.82) is 0 Å². The fourth-order valence-corrected chi connectivity index (χ4v) is 3.14. The van der Waals surface area contributed by atoms with Gasteiger partial charge in [0, 0.05) is 17.3 Å². The van der Waals surface area contributed by atoms with Gasteiger partial charge in [-0.05, 0) is 43.7 Å². The highest BCUT2D eigenvalue weighted by molar-refractivity contribution is 7.09. The maximum Gasteiger partial charge on any atom is 0.0694 e. The van der Waals surface area contributed by atoms with Crippen molar-refractivity contribution >= 4 is 11.3 Å². The number of thiophene rings is 1. The summed E-state index contributed by atoms with van der Waals surface area (Å²) in [5, 5.41) is 5.64. The van der Waals surface area contributed by atoms with Crippen LogP contribution >= 0.6 is 11.3 Å². The molecule has 18 heavy (non-hydrogen) atoms. The van der Waals surface area contributed by atoms with E-state index in [1.54, 1.807) is 0 Å². The predicted octanol–water partition coefficient (Wildman–Crippen LogP) is 3.62. The van der Waals surface area contributed by atoms with Gasteiger partial charge in [-0.3, -0.25) is 0 Å². The first-order valence-electron chi connectivity index (χ1n) is 7.10. The predicted molar refractivity (Wildman–Crippen MR) is 78.3 cm³/mol. The second-order valence-corrected chi connectivity index (χ2v) is 6.61. The molecule has 102 valence electrons. The lowest BCUT2D eigenvalue weighted by Crippen LogP contribution is -2.43. The number of ether oxygens (including phenoxy) is 1. The topological polar surface area (TPSA) is 21.3 Å². The van der Waals surface area contributed by atoms with Crippen molar-refractivity contribution < 1.29 is 4.74 Å². The highest BCUT2D eigenvalue weighted by atomic mass is 32.1. The molecule has 0 saturated heterocycles. The molecule has 0 radical (unpaired) electrons. The summed E-state index contributed by atoms with van der Waals surface area (Å²) in [6, 6.07) is 4.89. The molecule has 1 aromatic heterocycles. The largest absolute Gasteiger partial charge is 0.375 e. The van der Waals surface area contributed by atoms with Gasteiger partial charge in [0.15, 0.2) is 0 Å². The Bertz CT molecular complexity index is 330. The monoisotopic (exact) mass is 267 g/mol. The lowest BCUT2D eigenvalue weighted by Gasteiger charge is -2.42. The van der Waals surface area contributed by atoms with Crippen molar-refractivity contribution in [1.82, 2.24) is 5.32 Å². The molecule has 2 nitrogen and oxygen atoms in total. The van der Waals surface area contributed by atoms with Crippen LogP contribution in [-0.2, 0) is 11.2 Å². The second kappa shape index (κ2) is 6.69. The molecule has 1 aromatic rings. The van der Waals surface area contributed by atoms with E-state index in [2.05, 4.69) is 36.7 Å². The van der Waals surface area contributed by atoms with Gasteiger partial charge in [-0.1, -0.05) is 19.9 Å². The zero-order chi connectivity index (χ0) is 12.8. The maximum atomic E-state index is 6.19. The van der Waals surface area contributed by atoms with Gasteiger partial charge in [0.05, 0.1) is 12.2 Å². The van der Waals surface area contributed by atoms with Crippen molar-refractivity contribution in [2.75, 3.05) is 13.2 Å². The van der Waals surface area contributed by atoms with E-state index in [4.69, 9.17) is 4.74 Å². The number of rotatable bonds is 8. The summed E-state index contributed by atoms with van der Waals surface area (Å²) in [6.45, 7) is 6.36. The van der Waals surface area contributed by atoms with E-state index in [-0.39, 0.29) is 5.60 Å². The minimum atomic E-state index is 0.194. The highest BCUT2D eigenvalue weighted by Crippen LogP contribution is 2.38. The molecular formula is C15H25NOS. The summed E-state index contributed by atoms with van der Waals surface area (Å²) < 4.78 is 6.19. The molecule has 0 unspecified atom stereocenters. The second-order valence-electron chi connectivity index (χ2n) is 5.57. The Morgan fingerprint density at radius 3 is 2.83 bits per heavy atom. The van der Waals surface area contributed by atoms with Gasteiger partial charge >= 0.3 is 0 Å². The van der Waals surface area contributed by atoms with Crippen LogP contribution in [0.15, 0.2) is 17.5 Å². The van der Waals surface area contributed by atoms with Crippen LogP contribution in [0.25, 0.3) is 0 Å². The van der Waals surface area contributed by atoms with Gasteiger partial charge in [-0.2, -0.15) is 0 Å². The van der Waals surface area contributed by atoms with Crippen molar-refractivity contribution in [2.45, 2.75) is 57.6 Å². The molecule has 1 N–H and O–H groups in total. The van der Waals surface area contributed by atoms with Crippen LogP contribution in [0.4, 0.5) is 0 Å². The van der Waals surface area contributed by atoms with Crippen molar-refractivity contribution in [3.8, 4) is 0 Å². The Balaban J connectivity index is 1.67. The van der Waals surface area contributed by atoms with Crippen LogP contribution in [0.2, 0.25) is 0 Å². The zero-order valence-electron chi connectivity index (χ0n) is 11.6. The average molecular weight is 267 g/mol. The summed E-state index contributed by atoms with van der Waals surface area (Å²) in [5.74, 6) is 0. The molecule has 1 fully saturated rings. The van der Waals surface area contributed by atoms with Gasteiger partial charge in [-0.25, -0.2) is 0 Å². The lowest BCUT2D eigenvalue weighted by molar-refractivity contribution is -0.103. The van der Waals surface area contributed by atoms with E-state index >= 15 is 0 Å². The number of nitrogens with one attached hydrogen (secondary N) is 1. The summed E-state index contributed by atoms with van der Waals surface area (Å²) in [5.41, 5.74) is 0.194. The Labute approximate surface area is 115 Å². The first-order valence-corrected chi connectivity index (χ1v) is 7.98. The fraction of sp³-hybridized carbons (Fsp3) is 0.733. The van der Waals surface area contributed by atoms with Gasteiger partial charge in [0.1, 0.15) is 0 Å². The van der Waals surface area contributed by atoms with Crippen LogP contribution in [0, 0.1) is 0 Å². The summed E-state index contributed by atoms with van der Waals surface area (Å²) >= 11 is 1.83. The SMILES string of the molecule is CC(C)NCCC1(OCCc2cccs2)CCC1. The lowest BCUT2D eigenvalue weighted by atomic mass is 9.77. The Morgan fingerprint density at radius 2 is 2.28 bits per heavy atom. The van der Waals surface area contributed by atoms with Crippen LogP contribution in [-0.4, -0.2) is 24.8 Å².